The van der Waals surface area contributed by atoms with Gasteiger partial charge in [0.2, 0.25) is 0 Å². The number of benzene rings is 2. The van der Waals surface area contributed by atoms with E-state index in [1.165, 1.54) is 0 Å². The Hall–Kier alpha value is -2.05. The molecule has 1 aliphatic rings. The Bertz CT molecular complexity index is 934. The molecule has 0 spiro atoms. The molecule has 1 aliphatic heterocycles. The smallest absolute Gasteiger partial charge is 0.262 e. The van der Waals surface area contributed by atoms with Crippen LogP contribution in [0.3, 0.4) is 0 Å². The van der Waals surface area contributed by atoms with Gasteiger partial charge < -0.3 is 4.90 Å². The van der Waals surface area contributed by atoms with E-state index in [0.29, 0.717) is 27.4 Å². The molecule has 1 heterocycles. The lowest BCUT2D eigenvalue weighted by Crippen LogP contribution is -2.27. The van der Waals surface area contributed by atoms with Crippen molar-refractivity contribution in [1.82, 2.24) is 4.90 Å². The largest absolute Gasteiger partial charge is 0.339 e. The van der Waals surface area contributed by atoms with Crippen LogP contribution in [0.1, 0.15) is 34.3 Å². The molecule has 1 saturated heterocycles. The van der Waals surface area contributed by atoms with Crippen molar-refractivity contribution in [1.29, 1.82) is 0 Å². The van der Waals surface area contributed by atoms with E-state index in [9.17, 15) is 13.2 Å². The summed E-state index contributed by atoms with van der Waals surface area (Å²) in [7, 11) is -3.74. The van der Waals surface area contributed by atoms with Crippen molar-refractivity contribution in [3.63, 3.8) is 0 Å². The molecule has 1 N–H and O–H groups in total. The van der Waals surface area contributed by atoms with Crippen LogP contribution in [0.15, 0.2) is 41.3 Å². The maximum absolute atomic E-state index is 12.7. The van der Waals surface area contributed by atoms with E-state index >= 15 is 0 Å². The van der Waals surface area contributed by atoms with Gasteiger partial charge in [0.1, 0.15) is 0 Å². The van der Waals surface area contributed by atoms with Crippen molar-refractivity contribution in [2.45, 2.75) is 31.6 Å². The highest BCUT2D eigenvalue weighted by Crippen LogP contribution is 2.26. The van der Waals surface area contributed by atoms with E-state index in [4.69, 9.17) is 11.6 Å². The van der Waals surface area contributed by atoms with Crippen molar-refractivity contribution in [2.24, 2.45) is 0 Å². The Labute approximate surface area is 159 Å². The third-order valence-corrected chi connectivity index (χ3v) is 6.45. The van der Waals surface area contributed by atoms with Crippen molar-refractivity contribution in [3.05, 3.63) is 58.1 Å². The van der Waals surface area contributed by atoms with E-state index in [1.807, 2.05) is 4.90 Å². The Balaban J connectivity index is 1.80. The molecule has 1 fully saturated rings. The number of amides is 1. The van der Waals surface area contributed by atoms with E-state index in [2.05, 4.69) is 4.72 Å². The third-order valence-electron chi connectivity index (χ3n) is 4.52. The van der Waals surface area contributed by atoms with Crippen molar-refractivity contribution in [2.75, 3.05) is 17.8 Å². The Morgan fingerprint density at radius 3 is 2.27 bits per heavy atom. The summed E-state index contributed by atoms with van der Waals surface area (Å²) in [6.07, 6.45) is 2.06. The highest BCUT2D eigenvalue weighted by atomic mass is 35.5. The molecule has 2 aromatic rings. The van der Waals surface area contributed by atoms with Gasteiger partial charge in [-0.3, -0.25) is 9.52 Å². The zero-order valence-electron chi connectivity index (χ0n) is 14.8. The number of likely N-dealkylation sites (tertiary alicyclic amines) is 1. The first-order chi connectivity index (χ1) is 12.3. The maximum Gasteiger partial charge on any atom is 0.262 e. The van der Waals surface area contributed by atoms with Crippen LogP contribution in [0, 0.1) is 13.8 Å². The Morgan fingerprint density at radius 1 is 1.04 bits per heavy atom. The SMILES string of the molecule is Cc1cc(S(=O)(=O)Nc2ccc(C(=O)N3CCCC3)cc2)c(C)cc1Cl. The average molecular weight is 393 g/mol. The summed E-state index contributed by atoms with van der Waals surface area (Å²) < 4.78 is 27.9. The summed E-state index contributed by atoms with van der Waals surface area (Å²) in [5.74, 6) is -0.0129. The summed E-state index contributed by atoms with van der Waals surface area (Å²) in [6.45, 7) is 5.03. The summed E-state index contributed by atoms with van der Waals surface area (Å²) in [6, 6.07) is 9.73. The van der Waals surface area contributed by atoms with E-state index in [-0.39, 0.29) is 10.8 Å². The van der Waals surface area contributed by atoms with Crippen molar-refractivity contribution >= 4 is 33.2 Å². The van der Waals surface area contributed by atoms with E-state index in [0.717, 1.165) is 25.9 Å². The lowest BCUT2D eigenvalue weighted by atomic mass is 10.2. The first-order valence-electron chi connectivity index (χ1n) is 8.47. The fraction of sp³-hybridized carbons (Fsp3) is 0.316. The van der Waals surface area contributed by atoms with Gasteiger partial charge >= 0.3 is 0 Å². The second-order valence-corrected chi connectivity index (χ2v) is 8.61. The average Bonchev–Trinajstić information content (AvgIpc) is 3.12. The van der Waals surface area contributed by atoms with Crippen molar-refractivity contribution < 1.29 is 13.2 Å². The fourth-order valence-electron chi connectivity index (χ4n) is 3.04. The zero-order chi connectivity index (χ0) is 18.9. The minimum atomic E-state index is -3.74. The first kappa shape index (κ1) is 18.7. The van der Waals surface area contributed by atoms with E-state index in [1.54, 1.807) is 50.2 Å². The Morgan fingerprint density at radius 2 is 1.65 bits per heavy atom. The number of rotatable bonds is 4. The summed E-state index contributed by atoms with van der Waals surface area (Å²) in [4.78, 5) is 14.4. The standard InChI is InChI=1S/C19H21ClN2O3S/c1-13-12-18(14(2)11-17(13)20)26(24,25)21-16-7-5-15(6-8-16)19(23)22-9-3-4-10-22/h5-8,11-12,21H,3-4,9-10H2,1-2H3. The predicted molar refractivity (Wildman–Crippen MR) is 103 cm³/mol. The molecule has 138 valence electrons. The number of halogens is 1. The first-order valence-corrected chi connectivity index (χ1v) is 10.3. The molecule has 26 heavy (non-hydrogen) atoms. The summed E-state index contributed by atoms with van der Waals surface area (Å²) in [5, 5.41) is 0.534. The van der Waals surface area contributed by atoms with Crippen LogP contribution in [0.4, 0.5) is 5.69 Å². The zero-order valence-corrected chi connectivity index (χ0v) is 16.3. The highest BCUT2D eigenvalue weighted by molar-refractivity contribution is 7.92. The molecule has 1 amide bonds. The molecule has 0 aromatic heterocycles. The monoisotopic (exact) mass is 392 g/mol. The fourth-order valence-corrected chi connectivity index (χ4v) is 4.63. The van der Waals surface area contributed by atoms with E-state index < -0.39 is 10.0 Å². The minimum Gasteiger partial charge on any atom is -0.339 e. The Kier molecular flexibility index (Phi) is 5.25. The van der Waals surface area contributed by atoms with Gasteiger partial charge in [-0.25, -0.2) is 8.42 Å². The molecule has 7 heteroatoms. The van der Waals surface area contributed by atoms with Crippen LogP contribution in [0.5, 0.6) is 0 Å². The quantitative estimate of drug-likeness (QED) is 0.855. The van der Waals surface area contributed by atoms with Crippen LogP contribution < -0.4 is 4.72 Å². The number of nitrogens with zero attached hydrogens (tertiary/aromatic N) is 1. The molecular formula is C19H21ClN2O3S. The molecule has 0 aliphatic carbocycles. The highest BCUT2D eigenvalue weighted by Gasteiger charge is 2.21. The van der Waals surface area contributed by atoms with Crippen LogP contribution in [0.2, 0.25) is 5.02 Å². The third kappa shape index (κ3) is 3.86. The molecular weight excluding hydrogens is 372 g/mol. The van der Waals surface area contributed by atoms with Gasteiger partial charge in [0.25, 0.3) is 15.9 Å². The topological polar surface area (TPSA) is 66.5 Å². The summed E-state index contributed by atoms with van der Waals surface area (Å²) >= 11 is 6.05. The van der Waals surface area contributed by atoms with Gasteiger partial charge in [0.05, 0.1) is 4.90 Å². The van der Waals surface area contributed by atoms with Crippen molar-refractivity contribution in [3.8, 4) is 0 Å². The minimum absolute atomic E-state index is 0.0129. The van der Waals surface area contributed by atoms with Crippen LogP contribution in [-0.2, 0) is 10.0 Å². The van der Waals surface area contributed by atoms with Gasteiger partial charge in [0.15, 0.2) is 0 Å². The van der Waals surface area contributed by atoms with Gasteiger partial charge in [-0.1, -0.05) is 11.6 Å². The predicted octanol–water partition coefficient (Wildman–Crippen LogP) is 3.99. The normalized spacial score (nSPS) is 14.5. The number of carbonyl (C=O) groups is 1. The van der Waals surface area contributed by atoms with Gasteiger partial charge in [-0.2, -0.15) is 0 Å². The number of anilines is 1. The molecule has 0 atom stereocenters. The molecule has 5 nitrogen and oxygen atoms in total. The molecule has 3 rings (SSSR count). The maximum atomic E-state index is 12.7. The lowest BCUT2D eigenvalue weighted by Gasteiger charge is -2.16. The molecule has 0 radical (unpaired) electrons. The number of nitrogens with one attached hydrogen (secondary N) is 1. The van der Waals surface area contributed by atoms with Gasteiger partial charge in [0, 0.05) is 29.4 Å². The van der Waals surface area contributed by atoms with Gasteiger partial charge in [-0.15, -0.1) is 0 Å². The van der Waals surface area contributed by atoms with Crippen LogP contribution >= 0.6 is 11.6 Å². The second-order valence-electron chi connectivity index (χ2n) is 6.55. The number of carbonyl (C=O) groups excluding carboxylic acids is 1. The summed E-state index contributed by atoms with van der Waals surface area (Å²) in [5.41, 5.74) is 2.25. The lowest BCUT2D eigenvalue weighted by molar-refractivity contribution is 0.0793. The number of aryl methyl sites for hydroxylation is 2. The van der Waals surface area contributed by atoms with Crippen LogP contribution in [0.25, 0.3) is 0 Å². The second kappa shape index (κ2) is 7.29. The molecule has 0 unspecified atom stereocenters. The molecule has 2 aromatic carbocycles. The molecule has 0 bridgehead atoms. The number of hydrogen-bond acceptors (Lipinski definition) is 3. The molecule has 0 saturated carbocycles. The number of sulfonamides is 1. The van der Waals surface area contributed by atoms with Gasteiger partial charge in [-0.05, 0) is 74.2 Å². The van der Waals surface area contributed by atoms with Crippen LogP contribution in [-0.4, -0.2) is 32.3 Å². The number of hydrogen-bond donors (Lipinski definition) is 1.